The number of carbonyl (C=O) groups excluding carboxylic acids is 2. The summed E-state index contributed by atoms with van der Waals surface area (Å²) < 4.78 is 15.9. The van der Waals surface area contributed by atoms with Crippen LogP contribution in [0.1, 0.15) is 22.8 Å². The summed E-state index contributed by atoms with van der Waals surface area (Å²) in [6.45, 7) is 2.07. The van der Waals surface area contributed by atoms with Gasteiger partial charge in [0.25, 0.3) is 0 Å². The molecule has 3 heterocycles. The van der Waals surface area contributed by atoms with Crippen molar-refractivity contribution in [2.75, 3.05) is 12.4 Å². The number of thioether (sulfide) groups is 1. The Balaban J connectivity index is 1.42. The molecule has 0 bridgehead atoms. The van der Waals surface area contributed by atoms with E-state index in [1.54, 1.807) is 68.0 Å². The van der Waals surface area contributed by atoms with E-state index in [9.17, 15) is 9.59 Å². The molecule has 9 heteroatoms. The number of carbonyl (C=O) groups is 2. The highest BCUT2D eigenvalue weighted by molar-refractivity contribution is 7.99. The van der Waals surface area contributed by atoms with Crippen LogP contribution in [-0.4, -0.2) is 39.3 Å². The molecule has 3 aromatic heterocycles. The van der Waals surface area contributed by atoms with Gasteiger partial charge in [-0.1, -0.05) is 23.9 Å². The molecule has 8 nitrogen and oxygen atoms in total. The second-order valence-electron chi connectivity index (χ2n) is 6.67. The summed E-state index contributed by atoms with van der Waals surface area (Å²) in [7, 11) is 0. The quantitative estimate of drug-likeness (QED) is 0.270. The van der Waals surface area contributed by atoms with Crippen LogP contribution >= 0.6 is 11.8 Å². The number of ketones is 1. The van der Waals surface area contributed by atoms with E-state index < -0.39 is 0 Å². The zero-order valence-corrected chi connectivity index (χ0v) is 18.0. The fourth-order valence-electron chi connectivity index (χ4n) is 2.93. The second-order valence-corrected chi connectivity index (χ2v) is 7.61. The zero-order chi connectivity index (χ0) is 22.3. The van der Waals surface area contributed by atoms with Crippen molar-refractivity contribution >= 4 is 23.5 Å². The van der Waals surface area contributed by atoms with Gasteiger partial charge in [-0.15, -0.1) is 10.2 Å². The molecule has 0 fully saturated rings. The van der Waals surface area contributed by atoms with E-state index in [2.05, 4.69) is 15.2 Å². The monoisotopic (exact) mass is 449 g/mol. The summed E-state index contributed by atoms with van der Waals surface area (Å²) in [6.07, 6.45) is 3.33. The molecule has 0 N–H and O–H groups in total. The predicted octanol–water partition coefficient (Wildman–Crippen LogP) is 4.47. The van der Waals surface area contributed by atoms with E-state index in [4.69, 9.17) is 13.6 Å². The fraction of sp³-hybridized carbons (Fsp3) is 0.174. The first-order valence-electron chi connectivity index (χ1n) is 9.87. The first-order valence-corrected chi connectivity index (χ1v) is 10.9. The number of nitrogens with zero attached hydrogens (tertiary/aromatic N) is 3. The molecule has 162 valence electrons. The van der Waals surface area contributed by atoms with Crippen LogP contribution in [0.4, 0.5) is 0 Å². The lowest BCUT2D eigenvalue weighted by molar-refractivity contribution is -0.116. The summed E-state index contributed by atoms with van der Waals surface area (Å²) in [4.78, 5) is 28.7. The van der Waals surface area contributed by atoms with Gasteiger partial charge in [-0.25, -0.2) is 9.78 Å². The van der Waals surface area contributed by atoms with Crippen LogP contribution in [0.15, 0.2) is 75.0 Å². The van der Waals surface area contributed by atoms with Crippen molar-refractivity contribution in [2.45, 2.75) is 18.5 Å². The number of rotatable bonds is 9. The smallest absolute Gasteiger partial charge is 0.338 e. The molecule has 1 aromatic carbocycles. The maximum atomic E-state index is 12.5. The van der Waals surface area contributed by atoms with Crippen molar-refractivity contribution in [1.82, 2.24) is 15.2 Å². The van der Waals surface area contributed by atoms with E-state index in [0.29, 0.717) is 40.2 Å². The second kappa shape index (κ2) is 10.1. The van der Waals surface area contributed by atoms with Gasteiger partial charge >= 0.3 is 5.97 Å². The van der Waals surface area contributed by atoms with Crippen LogP contribution in [0.25, 0.3) is 22.9 Å². The van der Waals surface area contributed by atoms with E-state index in [1.807, 2.05) is 0 Å². The highest BCUT2D eigenvalue weighted by Crippen LogP contribution is 2.30. The normalized spacial score (nSPS) is 10.8. The Morgan fingerprint density at radius 2 is 1.62 bits per heavy atom. The van der Waals surface area contributed by atoms with Crippen molar-refractivity contribution in [3.63, 3.8) is 0 Å². The Labute approximate surface area is 188 Å². The minimum Gasteiger partial charge on any atom is -0.463 e. The Bertz CT molecular complexity index is 1190. The van der Waals surface area contributed by atoms with Gasteiger partial charge < -0.3 is 13.6 Å². The standard InChI is InChI=1S/C23H19N3O5S/c1-2-29-22(28)16-9-7-15(8-10-16)13-17(27)14-32-23-24-20(18-5-3-11-30-18)21(25-26-23)19-6-4-12-31-19/h3-12H,2,13-14H2,1H3. The maximum absolute atomic E-state index is 12.5. The van der Waals surface area contributed by atoms with Gasteiger partial charge in [-0.3, -0.25) is 4.79 Å². The minimum atomic E-state index is -0.379. The lowest BCUT2D eigenvalue weighted by Crippen LogP contribution is -2.08. The summed E-state index contributed by atoms with van der Waals surface area (Å²) >= 11 is 1.20. The minimum absolute atomic E-state index is 0.00264. The highest BCUT2D eigenvalue weighted by atomic mass is 32.2. The fourth-order valence-corrected chi connectivity index (χ4v) is 3.58. The summed E-state index contributed by atoms with van der Waals surface area (Å²) in [5.41, 5.74) is 2.22. The molecule has 0 atom stereocenters. The Kier molecular flexibility index (Phi) is 6.76. The highest BCUT2D eigenvalue weighted by Gasteiger charge is 2.18. The van der Waals surface area contributed by atoms with E-state index in [0.717, 1.165) is 5.56 Å². The third kappa shape index (κ3) is 5.12. The molecule has 0 aliphatic carbocycles. The number of Topliss-reactive ketones (excluding diaryl/α,β-unsaturated/α-hetero) is 1. The Morgan fingerprint density at radius 1 is 0.938 bits per heavy atom. The third-order valence-electron chi connectivity index (χ3n) is 4.41. The molecule has 0 aliphatic heterocycles. The average Bonchev–Trinajstić information content (AvgIpc) is 3.53. The van der Waals surface area contributed by atoms with Gasteiger partial charge in [0.15, 0.2) is 17.2 Å². The van der Waals surface area contributed by atoms with Gasteiger partial charge in [0, 0.05) is 6.42 Å². The largest absolute Gasteiger partial charge is 0.463 e. The molecule has 0 spiro atoms. The molecule has 0 saturated carbocycles. The molecule has 0 saturated heterocycles. The number of furan rings is 2. The van der Waals surface area contributed by atoms with Crippen LogP contribution in [-0.2, 0) is 16.0 Å². The van der Waals surface area contributed by atoms with Crippen molar-refractivity contribution < 1.29 is 23.2 Å². The zero-order valence-electron chi connectivity index (χ0n) is 17.2. The van der Waals surface area contributed by atoms with Crippen molar-refractivity contribution in [3.8, 4) is 22.9 Å². The van der Waals surface area contributed by atoms with E-state index in [1.165, 1.54) is 11.8 Å². The molecule has 0 aliphatic rings. The molecule has 4 aromatic rings. The average molecular weight is 449 g/mol. The van der Waals surface area contributed by atoms with Gasteiger partial charge in [-0.2, -0.15) is 0 Å². The van der Waals surface area contributed by atoms with Crippen LogP contribution < -0.4 is 0 Å². The number of ether oxygens (including phenoxy) is 1. The molecule has 4 rings (SSSR count). The number of hydrogen-bond donors (Lipinski definition) is 0. The molecule has 0 radical (unpaired) electrons. The summed E-state index contributed by atoms with van der Waals surface area (Å²) in [5.74, 6) is 0.850. The molecule has 0 amide bonds. The Morgan fingerprint density at radius 3 is 2.25 bits per heavy atom. The van der Waals surface area contributed by atoms with Gasteiger partial charge in [0.2, 0.25) is 5.16 Å². The number of benzene rings is 1. The van der Waals surface area contributed by atoms with Crippen LogP contribution in [0.5, 0.6) is 0 Å². The summed E-state index contributed by atoms with van der Waals surface area (Å²) in [5, 5.41) is 8.73. The number of esters is 1. The van der Waals surface area contributed by atoms with Crippen molar-refractivity contribution in [2.24, 2.45) is 0 Å². The van der Waals surface area contributed by atoms with Gasteiger partial charge in [0.1, 0.15) is 11.5 Å². The lowest BCUT2D eigenvalue weighted by Gasteiger charge is -2.06. The van der Waals surface area contributed by atoms with E-state index >= 15 is 0 Å². The van der Waals surface area contributed by atoms with Crippen LogP contribution in [0.3, 0.4) is 0 Å². The maximum Gasteiger partial charge on any atom is 0.338 e. The van der Waals surface area contributed by atoms with Crippen LogP contribution in [0.2, 0.25) is 0 Å². The first-order chi connectivity index (χ1) is 15.6. The van der Waals surface area contributed by atoms with E-state index in [-0.39, 0.29) is 23.9 Å². The number of hydrogen-bond acceptors (Lipinski definition) is 9. The van der Waals surface area contributed by atoms with Crippen molar-refractivity contribution in [3.05, 3.63) is 72.2 Å². The van der Waals surface area contributed by atoms with Crippen molar-refractivity contribution in [1.29, 1.82) is 0 Å². The molecular formula is C23H19N3O5S. The summed E-state index contributed by atoms with van der Waals surface area (Å²) in [6, 6.07) is 13.9. The van der Waals surface area contributed by atoms with Crippen LogP contribution in [0, 0.1) is 0 Å². The van der Waals surface area contributed by atoms with Gasteiger partial charge in [0.05, 0.1) is 30.4 Å². The first kappa shape index (κ1) is 21.5. The lowest BCUT2D eigenvalue weighted by atomic mass is 10.1. The topological polar surface area (TPSA) is 108 Å². The number of aromatic nitrogens is 3. The molecule has 32 heavy (non-hydrogen) atoms. The predicted molar refractivity (Wildman–Crippen MR) is 117 cm³/mol. The third-order valence-corrected chi connectivity index (χ3v) is 5.30. The SMILES string of the molecule is CCOC(=O)c1ccc(CC(=O)CSc2nnc(-c3ccco3)c(-c3ccco3)n2)cc1. The Hall–Kier alpha value is -3.72. The van der Waals surface area contributed by atoms with Gasteiger partial charge in [-0.05, 0) is 48.9 Å². The molecular weight excluding hydrogens is 430 g/mol. The molecule has 0 unspecified atom stereocenters.